The van der Waals surface area contributed by atoms with Crippen LogP contribution in [-0.2, 0) is 30.6 Å². The zero-order valence-corrected chi connectivity index (χ0v) is 20.3. The molecule has 0 radical (unpaired) electrons. The Hall–Kier alpha value is -2.79. The van der Waals surface area contributed by atoms with Crippen LogP contribution in [0.2, 0.25) is 0 Å². The monoisotopic (exact) mass is 491 g/mol. The van der Waals surface area contributed by atoms with E-state index in [-0.39, 0.29) is 23.1 Å². The Morgan fingerprint density at radius 2 is 1.58 bits per heavy atom. The van der Waals surface area contributed by atoms with E-state index in [0.29, 0.717) is 29.9 Å². The minimum absolute atomic E-state index is 0.164. The Balaban J connectivity index is 1.98. The molecule has 2 aromatic rings. The van der Waals surface area contributed by atoms with E-state index in [9.17, 15) is 21.6 Å². The van der Waals surface area contributed by atoms with Crippen LogP contribution in [0.1, 0.15) is 25.0 Å². The predicted octanol–water partition coefficient (Wildman–Crippen LogP) is 2.97. The molecule has 0 fully saturated rings. The molecule has 33 heavy (non-hydrogen) atoms. The van der Waals surface area contributed by atoms with Crippen LogP contribution in [0.3, 0.4) is 0 Å². The second-order valence-electron chi connectivity index (χ2n) is 7.07. The largest absolute Gasteiger partial charge is 0.323 e. The maximum atomic E-state index is 12.5. The van der Waals surface area contributed by atoms with Crippen LogP contribution in [0.15, 0.2) is 72.2 Å². The summed E-state index contributed by atoms with van der Waals surface area (Å²) in [7, 11) is -6.98. The lowest BCUT2D eigenvalue weighted by Crippen LogP contribution is -2.30. The molecule has 0 bridgehead atoms. The predicted molar refractivity (Wildman–Crippen MR) is 131 cm³/mol. The van der Waals surface area contributed by atoms with Crippen molar-refractivity contribution in [1.29, 1.82) is 0 Å². The van der Waals surface area contributed by atoms with Crippen molar-refractivity contribution in [3.8, 4) is 0 Å². The lowest BCUT2D eigenvalue weighted by Gasteiger charge is -2.18. The number of hydrogen-bond acceptors (Lipinski definition) is 5. The van der Waals surface area contributed by atoms with Crippen molar-refractivity contribution in [1.82, 2.24) is 9.03 Å². The number of benzene rings is 2. The smallest absolute Gasteiger partial charge is 0.248 e. The van der Waals surface area contributed by atoms with Crippen LogP contribution in [-0.4, -0.2) is 46.7 Å². The topological polar surface area (TPSA) is 113 Å². The van der Waals surface area contributed by atoms with Gasteiger partial charge >= 0.3 is 0 Å². The molecule has 0 aliphatic rings. The van der Waals surface area contributed by atoms with Crippen LogP contribution in [0.25, 0.3) is 6.08 Å². The summed E-state index contributed by atoms with van der Waals surface area (Å²) in [6.07, 6.45) is 4.38. The number of nitrogens with zero attached hydrogens (tertiary/aromatic N) is 1. The molecule has 2 rings (SSSR count). The Morgan fingerprint density at radius 1 is 0.970 bits per heavy atom. The molecule has 2 aromatic carbocycles. The molecule has 0 spiro atoms. The summed E-state index contributed by atoms with van der Waals surface area (Å²) < 4.78 is 52.6. The van der Waals surface area contributed by atoms with Gasteiger partial charge in [0.2, 0.25) is 26.0 Å². The quantitative estimate of drug-likeness (QED) is 0.350. The van der Waals surface area contributed by atoms with Crippen LogP contribution in [0.4, 0.5) is 5.69 Å². The first-order chi connectivity index (χ1) is 15.6. The number of nitrogens with one attached hydrogen (secondary N) is 2. The third-order valence-corrected chi connectivity index (χ3v) is 8.06. The summed E-state index contributed by atoms with van der Waals surface area (Å²) in [5.74, 6) is -0.544. The zero-order chi connectivity index (χ0) is 24.5. The van der Waals surface area contributed by atoms with Crippen LogP contribution in [0, 0.1) is 0 Å². The molecule has 2 N–H and O–H groups in total. The average Bonchev–Trinajstić information content (AvgIpc) is 2.78. The molecule has 1 amide bonds. The Labute approximate surface area is 196 Å². The summed E-state index contributed by atoms with van der Waals surface area (Å²) in [4.78, 5) is 12.4. The van der Waals surface area contributed by atoms with Crippen molar-refractivity contribution in [3.63, 3.8) is 0 Å². The Morgan fingerprint density at radius 3 is 2.12 bits per heavy atom. The van der Waals surface area contributed by atoms with Gasteiger partial charge < -0.3 is 5.32 Å². The van der Waals surface area contributed by atoms with E-state index in [1.165, 1.54) is 28.6 Å². The molecule has 8 nitrogen and oxygen atoms in total. The van der Waals surface area contributed by atoms with E-state index in [0.717, 1.165) is 0 Å². The molecule has 178 valence electrons. The number of amides is 1. The molecule has 0 saturated carbocycles. The van der Waals surface area contributed by atoms with Gasteiger partial charge in [0.15, 0.2) is 0 Å². The molecule has 0 saturated heterocycles. The summed E-state index contributed by atoms with van der Waals surface area (Å²) in [5, 5.41) is 2.70. The first kappa shape index (κ1) is 26.5. The molecule has 0 unspecified atom stereocenters. The highest BCUT2D eigenvalue weighted by Gasteiger charge is 2.20. The molecule has 0 atom stereocenters. The number of hydrogen-bond donors (Lipinski definition) is 2. The summed E-state index contributed by atoms with van der Waals surface area (Å²) in [6, 6.07) is 12.8. The standard InChI is InChI=1S/C23H29N3O5S2/c1-4-17-24-32(28,29)18-20-7-12-21(13-8-20)25-23(27)16-11-19-9-14-22(15-10-19)33(30,31)26(5-2)6-3/h4,7-16,24H,1,5-6,17-18H2,2-3H3,(H,25,27)/b16-11+. The number of carbonyl (C=O) groups is 1. The van der Waals surface area contributed by atoms with Gasteiger partial charge in [-0.2, -0.15) is 4.31 Å². The highest BCUT2D eigenvalue weighted by Crippen LogP contribution is 2.17. The summed E-state index contributed by atoms with van der Waals surface area (Å²) in [5.41, 5.74) is 1.78. The minimum Gasteiger partial charge on any atom is -0.323 e. The van der Waals surface area contributed by atoms with Crippen LogP contribution < -0.4 is 10.0 Å². The van der Waals surface area contributed by atoms with Gasteiger partial charge in [0.25, 0.3) is 0 Å². The second-order valence-corrected chi connectivity index (χ2v) is 10.8. The van der Waals surface area contributed by atoms with E-state index >= 15 is 0 Å². The van der Waals surface area contributed by atoms with E-state index in [1.54, 1.807) is 56.3 Å². The normalized spacial score (nSPS) is 12.2. The van der Waals surface area contributed by atoms with Crippen molar-refractivity contribution in [2.75, 3.05) is 25.0 Å². The van der Waals surface area contributed by atoms with E-state index in [2.05, 4.69) is 16.6 Å². The number of sulfonamides is 2. The molecule has 0 aliphatic carbocycles. The van der Waals surface area contributed by atoms with Gasteiger partial charge in [0, 0.05) is 31.4 Å². The average molecular weight is 492 g/mol. The van der Waals surface area contributed by atoms with Crippen molar-refractivity contribution in [2.24, 2.45) is 0 Å². The minimum atomic E-state index is -3.53. The van der Waals surface area contributed by atoms with Gasteiger partial charge in [-0.1, -0.05) is 44.2 Å². The van der Waals surface area contributed by atoms with Gasteiger partial charge in [0.05, 0.1) is 10.6 Å². The van der Waals surface area contributed by atoms with E-state index in [1.807, 2.05) is 0 Å². The maximum Gasteiger partial charge on any atom is 0.248 e. The first-order valence-electron chi connectivity index (χ1n) is 10.4. The fraction of sp³-hybridized carbons (Fsp3) is 0.261. The molecule has 0 aromatic heterocycles. The van der Waals surface area contributed by atoms with Crippen LogP contribution >= 0.6 is 0 Å². The van der Waals surface area contributed by atoms with E-state index < -0.39 is 20.0 Å². The van der Waals surface area contributed by atoms with Crippen molar-refractivity contribution in [2.45, 2.75) is 24.5 Å². The SMILES string of the molecule is C=CCNS(=O)(=O)Cc1ccc(NC(=O)/C=C/c2ccc(S(=O)(=O)N(CC)CC)cc2)cc1. The fourth-order valence-corrected chi connectivity index (χ4v) is 5.52. The first-order valence-corrected chi connectivity index (χ1v) is 13.5. The number of carbonyl (C=O) groups excluding carboxylic acids is 1. The molecular weight excluding hydrogens is 462 g/mol. The molecular formula is C23H29N3O5S2. The lowest BCUT2D eigenvalue weighted by molar-refractivity contribution is -0.111. The number of rotatable bonds is 12. The van der Waals surface area contributed by atoms with E-state index in [4.69, 9.17) is 0 Å². The highest BCUT2D eigenvalue weighted by atomic mass is 32.2. The van der Waals surface area contributed by atoms with Crippen LogP contribution in [0.5, 0.6) is 0 Å². The Bertz CT molecular complexity index is 1180. The molecule has 0 aliphatic heterocycles. The van der Waals surface area contributed by atoms with Gasteiger partial charge in [0.1, 0.15) is 0 Å². The van der Waals surface area contributed by atoms with Gasteiger partial charge in [-0.05, 0) is 41.5 Å². The molecule has 0 heterocycles. The third kappa shape index (κ3) is 7.93. The maximum absolute atomic E-state index is 12.5. The fourth-order valence-electron chi connectivity index (χ4n) is 2.96. The van der Waals surface area contributed by atoms with Gasteiger partial charge in [-0.15, -0.1) is 6.58 Å². The van der Waals surface area contributed by atoms with Gasteiger partial charge in [-0.3, -0.25) is 4.79 Å². The lowest BCUT2D eigenvalue weighted by atomic mass is 10.2. The van der Waals surface area contributed by atoms with Gasteiger partial charge in [-0.25, -0.2) is 21.6 Å². The summed E-state index contributed by atoms with van der Waals surface area (Å²) >= 11 is 0. The zero-order valence-electron chi connectivity index (χ0n) is 18.7. The highest BCUT2D eigenvalue weighted by molar-refractivity contribution is 7.89. The third-order valence-electron chi connectivity index (χ3n) is 4.68. The van der Waals surface area contributed by atoms with Crippen molar-refractivity contribution < 1.29 is 21.6 Å². The Kier molecular flexibility index (Phi) is 9.54. The second kappa shape index (κ2) is 11.9. The van der Waals surface area contributed by atoms with Crippen molar-refractivity contribution in [3.05, 3.63) is 78.4 Å². The number of anilines is 1. The summed E-state index contributed by atoms with van der Waals surface area (Å²) in [6.45, 7) is 7.99. The van der Waals surface area contributed by atoms with Crippen molar-refractivity contribution >= 4 is 37.7 Å². The molecule has 10 heteroatoms.